The van der Waals surface area contributed by atoms with Crippen LogP contribution in [0.25, 0.3) is 22.4 Å². The number of aromatic nitrogens is 5. The zero-order chi connectivity index (χ0) is 30.6. The molecule has 5 N–H and O–H groups in total. The zero-order valence-corrected chi connectivity index (χ0v) is 24.6. The quantitative estimate of drug-likeness (QED) is 0.119. The van der Waals surface area contributed by atoms with E-state index >= 15 is 0 Å². The van der Waals surface area contributed by atoms with Crippen LogP contribution in [0, 0.1) is 12.8 Å². The minimum Gasteiger partial charge on any atom is -0.370 e. The molecule has 2 aromatic carbocycles. The van der Waals surface area contributed by atoms with Gasteiger partial charge in [-0.3, -0.25) is 14.8 Å². The van der Waals surface area contributed by atoms with E-state index in [1.807, 2.05) is 37.3 Å². The minimum atomic E-state index is -0.644. The summed E-state index contributed by atoms with van der Waals surface area (Å²) in [4.78, 5) is 47.8. The monoisotopic (exact) mass is 611 g/mol. The molecular formula is C31H30ClN9O3. The number of hydroxylamine groups is 1. The summed E-state index contributed by atoms with van der Waals surface area (Å²) in [6.07, 6.45) is 4.67. The molecule has 3 aromatic heterocycles. The van der Waals surface area contributed by atoms with Gasteiger partial charge < -0.3 is 20.5 Å². The molecule has 0 saturated carbocycles. The van der Waals surface area contributed by atoms with Crippen molar-refractivity contribution in [1.82, 2.24) is 30.4 Å². The number of piperidine rings is 1. The van der Waals surface area contributed by atoms with Gasteiger partial charge in [0.2, 0.25) is 5.95 Å². The maximum atomic E-state index is 13.2. The lowest BCUT2D eigenvalue weighted by atomic mass is 9.97. The SMILES string of the molecule is Cc1nc(NCC2CCN(c3ncc(C(=O)NO)cn3)CC2)ccc1C(=O)Nc1ccc(Cl)c(-c2nc3ccccc3[nH]2)c1. The van der Waals surface area contributed by atoms with Crippen molar-refractivity contribution >= 4 is 51.9 Å². The third kappa shape index (κ3) is 6.31. The van der Waals surface area contributed by atoms with Crippen molar-refractivity contribution in [3.8, 4) is 11.4 Å². The zero-order valence-electron chi connectivity index (χ0n) is 23.8. The molecule has 0 spiro atoms. The first-order chi connectivity index (χ1) is 21.4. The first-order valence-electron chi connectivity index (χ1n) is 14.2. The van der Waals surface area contributed by atoms with Crippen molar-refractivity contribution in [1.29, 1.82) is 0 Å². The number of hydrogen-bond donors (Lipinski definition) is 5. The summed E-state index contributed by atoms with van der Waals surface area (Å²) >= 11 is 6.48. The van der Waals surface area contributed by atoms with Crippen LogP contribution in [0.2, 0.25) is 5.02 Å². The standard InChI is InChI=1S/C31H30ClN9O3/c1-18-22(30(43)37-21-6-8-24(32)23(14-21)28-38-25-4-2-3-5-26(25)39-28)7-9-27(36-18)33-15-19-10-12-41(13-11-19)31-34-16-20(17-35-31)29(42)40-44/h2-9,14,16-17,19,44H,10-13,15H2,1H3,(H,33,36)(H,37,43)(H,38,39)(H,40,42). The van der Waals surface area contributed by atoms with Gasteiger partial charge in [0.05, 0.1) is 32.9 Å². The fourth-order valence-corrected chi connectivity index (χ4v) is 5.42. The van der Waals surface area contributed by atoms with Crippen molar-refractivity contribution in [3.05, 3.63) is 88.8 Å². The van der Waals surface area contributed by atoms with Crippen LogP contribution in [-0.2, 0) is 0 Å². The lowest BCUT2D eigenvalue weighted by Crippen LogP contribution is -2.37. The van der Waals surface area contributed by atoms with Crippen LogP contribution in [0.1, 0.15) is 39.3 Å². The smallest absolute Gasteiger partial charge is 0.277 e. The number of H-pyrrole nitrogens is 1. The highest BCUT2D eigenvalue weighted by atomic mass is 35.5. The largest absolute Gasteiger partial charge is 0.370 e. The number of nitrogens with zero attached hydrogens (tertiary/aromatic N) is 5. The van der Waals surface area contributed by atoms with E-state index < -0.39 is 5.91 Å². The first-order valence-corrected chi connectivity index (χ1v) is 14.5. The lowest BCUT2D eigenvalue weighted by Gasteiger charge is -2.32. The highest BCUT2D eigenvalue weighted by molar-refractivity contribution is 6.33. The fraction of sp³-hybridized carbons (Fsp3) is 0.226. The van der Waals surface area contributed by atoms with Crippen molar-refractivity contribution in [2.45, 2.75) is 19.8 Å². The molecule has 1 aliphatic rings. The summed E-state index contributed by atoms with van der Waals surface area (Å²) in [6.45, 7) is 4.13. The molecule has 6 rings (SSSR count). The van der Waals surface area contributed by atoms with Crippen LogP contribution in [0.4, 0.5) is 17.5 Å². The second kappa shape index (κ2) is 12.7. The molecule has 0 aliphatic carbocycles. The number of halogens is 1. The number of fused-ring (bicyclic) bond motifs is 1. The second-order valence-electron chi connectivity index (χ2n) is 10.6. The predicted octanol–water partition coefficient (Wildman–Crippen LogP) is 5.08. The molecule has 1 aliphatic heterocycles. The first kappa shape index (κ1) is 29.0. The number of aryl methyl sites for hydroxylation is 1. The highest BCUT2D eigenvalue weighted by Gasteiger charge is 2.22. The van der Waals surface area contributed by atoms with Gasteiger partial charge in [-0.2, -0.15) is 0 Å². The maximum absolute atomic E-state index is 13.2. The average molecular weight is 612 g/mol. The molecule has 1 fully saturated rings. The summed E-state index contributed by atoms with van der Waals surface area (Å²) < 4.78 is 0. The molecule has 224 valence electrons. The third-order valence-corrected chi connectivity index (χ3v) is 8.00. The van der Waals surface area contributed by atoms with Crippen LogP contribution >= 0.6 is 11.6 Å². The predicted molar refractivity (Wildman–Crippen MR) is 168 cm³/mol. The third-order valence-electron chi connectivity index (χ3n) is 7.67. The van der Waals surface area contributed by atoms with Crippen LogP contribution < -0.4 is 21.0 Å². The van der Waals surface area contributed by atoms with Crippen LogP contribution in [0.15, 0.2) is 67.0 Å². The highest BCUT2D eigenvalue weighted by Crippen LogP contribution is 2.30. The maximum Gasteiger partial charge on any atom is 0.277 e. The van der Waals surface area contributed by atoms with Gasteiger partial charge >= 0.3 is 0 Å². The number of para-hydroxylation sites is 2. The molecule has 2 amide bonds. The summed E-state index contributed by atoms with van der Waals surface area (Å²) in [6, 6.07) is 16.6. The molecule has 44 heavy (non-hydrogen) atoms. The van der Waals surface area contributed by atoms with Gasteiger partial charge in [-0.1, -0.05) is 23.7 Å². The number of nitrogens with one attached hydrogen (secondary N) is 4. The van der Waals surface area contributed by atoms with Gasteiger partial charge in [0.25, 0.3) is 11.8 Å². The van der Waals surface area contributed by atoms with Crippen LogP contribution in [0.5, 0.6) is 0 Å². The number of pyridine rings is 1. The van der Waals surface area contributed by atoms with E-state index in [1.54, 1.807) is 29.7 Å². The number of hydrogen-bond acceptors (Lipinski definition) is 9. The minimum absolute atomic E-state index is 0.194. The number of carbonyl (C=O) groups excluding carboxylic acids is 2. The Hall–Kier alpha value is -5.07. The molecule has 0 radical (unpaired) electrons. The van der Waals surface area contributed by atoms with E-state index in [0.29, 0.717) is 51.0 Å². The molecule has 13 heteroatoms. The summed E-state index contributed by atoms with van der Waals surface area (Å²) in [5.74, 6) is 1.42. The molecule has 4 heterocycles. The van der Waals surface area contributed by atoms with Crippen LogP contribution in [-0.4, -0.2) is 61.6 Å². The van der Waals surface area contributed by atoms with E-state index in [-0.39, 0.29) is 11.5 Å². The van der Waals surface area contributed by atoms with Gasteiger partial charge in [-0.25, -0.2) is 25.4 Å². The topological polar surface area (TPSA) is 161 Å². The number of imidazole rings is 1. The van der Waals surface area contributed by atoms with E-state index in [1.165, 1.54) is 12.4 Å². The second-order valence-corrected chi connectivity index (χ2v) is 11.0. The Bertz CT molecular complexity index is 1790. The number of benzene rings is 2. The van der Waals surface area contributed by atoms with Gasteiger partial charge in [-0.05, 0) is 68.1 Å². The van der Waals surface area contributed by atoms with E-state index in [0.717, 1.165) is 43.5 Å². The molecule has 0 unspecified atom stereocenters. The fourth-order valence-electron chi connectivity index (χ4n) is 5.22. The normalized spacial score (nSPS) is 13.6. The Morgan fingerprint density at radius 3 is 2.52 bits per heavy atom. The number of anilines is 3. The average Bonchev–Trinajstić information content (AvgIpc) is 3.49. The molecular weight excluding hydrogens is 582 g/mol. The summed E-state index contributed by atoms with van der Waals surface area (Å²) in [5, 5.41) is 15.6. The Morgan fingerprint density at radius 1 is 1.02 bits per heavy atom. The summed E-state index contributed by atoms with van der Waals surface area (Å²) in [7, 11) is 0. The van der Waals surface area contributed by atoms with Crippen molar-refractivity contribution in [2.75, 3.05) is 35.2 Å². The lowest BCUT2D eigenvalue weighted by molar-refractivity contribution is 0.0705. The van der Waals surface area contributed by atoms with Gasteiger partial charge in [0.1, 0.15) is 11.6 Å². The number of carbonyl (C=O) groups is 2. The molecule has 0 atom stereocenters. The molecule has 12 nitrogen and oxygen atoms in total. The van der Waals surface area contributed by atoms with Gasteiger partial charge in [0, 0.05) is 43.3 Å². The van der Waals surface area contributed by atoms with Crippen LogP contribution in [0.3, 0.4) is 0 Å². The van der Waals surface area contributed by atoms with E-state index in [4.69, 9.17) is 16.8 Å². The van der Waals surface area contributed by atoms with E-state index in [2.05, 4.69) is 40.5 Å². The van der Waals surface area contributed by atoms with E-state index in [9.17, 15) is 9.59 Å². The Kier molecular flexibility index (Phi) is 8.35. The summed E-state index contributed by atoms with van der Waals surface area (Å²) in [5.41, 5.74) is 5.89. The van der Waals surface area contributed by atoms with Crippen molar-refractivity contribution < 1.29 is 14.8 Å². The Labute approximate surface area is 257 Å². The molecule has 1 saturated heterocycles. The Morgan fingerprint density at radius 2 is 1.80 bits per heavy atom. The number of aromatic amines is 1. The van der Waals surface area contributed by atoms with Crippen molar-refractivity contribution in [2.24, 2.45) is 5.92 Å². The van der Waals surface area contributed by atoms with Gasteiger partial charge in [-0.15, -0.1) is 0 Å². The van der Waals surface area contributed by atoms with Gasteiger partial charge in [0.15, 0.2) is 0 Å². The number of rotatable bonds is 8. The van der Waals surface area contributed by atoms with Crippen molar-refractivity contribution in [3.63, 3.8) is 0 Å². The molecule has 0 bridgehead atoms. The molecule has 5 aromatic rings. The number of amides is 2. The Balaban J connectivity index is 1.03.